The monoisotopic (exact) mass is 667 g/mol. The minimum atomic E-state index is -1.46. The van der Waals surface area contributed by atoms with Gasteiger partial charge in [0.15, 0.2) is 11.6 Å². The van der Waals surface area contributed by atoms with Gasteiger partial charge in [0, 0.05) is 35.6 Å². The van der Waals surface area contributed by atoms with Gasteiger partial charge < -0.3 is 45.4 Å². The Kier molecular flexibility index (Phi) is 10.9. The van der Waals surface area contributed by atoms with Crippen molar-refractivity contribution in [2.45, 2.75) is 54.1 Å². The van der Waals surface area contributed by atoms with Crippen molar-refractivity contribution >= 4 is 23.5 Å². The van der Waals surface area contributed by atoms with Crippen molar-refractivity contribution in [3.8, 4) is 23.8 Å². The highest BCUT2D eigenvalue weighted by molar-refractivity contribution is 8.00. The predicted octanol–water partition coefficient (Wildman–Crippen LogP) is -0.660. The topological polar surface area (TPSA) is 230 Å². The number of carbonyl (C=O) groups is 2. The largest absolute Gasteiger partial charge is 0.508 e. The number of aliphatic hydroxyl groups excluding tert-OH is 5. The average molecular weight is 668 g/mol. The zero-order valence-corrected chi connectivity index (χ0v) is 25.6. The SMILES string of the molecule is C#C/C=C(\C=C/CC1c2ccc(O)cc2OC2=CC(=O)C=CC21)C(=O)NCc1nnn(C2C(O)[C@@H](CO)O[C@@H](S[C@H](O)CO)C2O)n1. The van der Waals surface area contributed by atoms with E-state index in [4.69, 9.17) is 21.0 Å². The maximum atomic E-state index is 13.1. The number of nitrogens with one attached hydrogen (secondary N) is 1. The number of amides is 1. The van der Waals surface area contributed by atoms with Gasteiger partial charge in [0.1, 0.15) is 52.5 Å². The van der Waals surface area contributed by atoms with Gasteiger partial charge in [-0.05, 0) is 29.3 Å². The summed E-state index contributed by atoms with van der Waals surface area (Å²) in [6.07, 6.45) is 11.2. The summed E-state index contributed by atoms with van der Waals surface area (Å²) in [5.41, 5.74) is -1.44. The molecule has 1 fully saturated rings. The molecule has 1 amide bonds. The van der Waals surface area contributed by atoms with Crippen LogP contribution in [0.25, 0.3) is 0 Å². The van der Waals surface area contributed by atoms with Crippen molar-refractivity contribution in [1.82, 2.24) is 25.5 Å². The summed E-state index contributed by atoms with van der Waals surface area (Å²) in [5, 5.41) is 74.7. The molecule has 1 aromatic heterocycles. The molecule has 1 aliphatic carbocycles. The van der Waals surface area contributed by atoms with Crippen molar-refractivity contribution in [3.63, 3.8) is 0 Å². The molecule has 2 aromatic rings. The number of aromatic hydroxyl groups is 1. The number of fused-ring (bicyclic) bond motifs is 2. The Bertz CT molecular complexity index is 1650. The smallest absolute Gasteiger partial charge is 0.252 e. The molecule has 2 aliphatic heterocycles. The van der Waals surface area contributed by atoms with Crippen LogP contribution >= 0.6 is 11.8 Å². The van der Waals surface area contributed by atoms with Gasteiger partial charge in [0.2, 0.25) is 0 Å². The third-order valence-corrected chi connectivity index (χ3v) is 8.89. The van der Waals surface area contributed by atoms with E-state index in [0.29, 0.717) is 29.7 Å². The lowest BCUT2D eigenvalue weighted by Gasteiger charge is -2.41. The number of phenolic OH excluding ortho intramolecular Hbond substituents is 1. The van der Waals surface area contributed by atoms with Crippen molar-refractivity contribution < 1.29 is 49.7 Å². The third kappa shape index (κ3) is 7.63. The number of aliphatic hydroxyl groups is 5. The van der Waals surface area contributed by atoms with E-state index >= 15 is 0 Å². The molecule has 248 valence electrons. The van der Waals surface area contributed by atoms with Crippen LogP contribution in [-0.4, -0.2) is 105 Å². The van der Waals surface area contributed by atoms with Gasteiger partial charge in [-0.2, -0.15) is 4.80 Å². The molecule has 1 aromatic carbocycles. The highest BCUT2D eigenvalue weighted by Crippen LogP contribution is 2.46. The molecule has 0 bridgehead atoms. The molecule has 15 nitrogen and oxygen atoms in total. The van der Waals surface area contributed by atoms with Gasteiger partial charge in [0.05, 0.1) is 19.8 Å². The lowest BCUT2D eigenvalue weighted by molar-refractivity contribution is -0.181. The van der Waals surface area contributed by atoms with Gasteiger partial charge in [-0.3, -0.25) is 9.59 Å². The van der Waals surface area contributed by atoms with E-state index in [0.717, 1.165) is 10.4 Å². The molecule has 0 radical (unpaired) electrons. The number of hydrogen-bond donors (Lipinski definition) is 7. The molecule has 16 heteroatoms. The van der Waals surface area contributed by atoms with Crippen LogP contribution in [0.3, 0.4) is 0 Å². The van der Waals surface area contributed by atoms with Gasteiger partial charge in [-0.15, -0.1) is 16.6 Å². The molecule has 5 unspecified atom stereocenters. The first kappa shape index (κ1) is 34.0. The summed E-state index contributed by atoms with van der Waals surface area (Å²) in [7, 11) is 0. The molecule has 7 N–H and O–H groups in total. The normalized spacial score (nSPS) is 27.7. The summed E-state index contributed by atoms with van der Waals surface area (Å²) in [6, 6.07) is 3.57. The van der Waals surface area contributed by atoms with Crippen LogP contribution < -0.4 is 10.1 Å². The summed E-state index contributed by atoms with van der Waals surface area (Å²) in [5.74, 6) is 2.18. The Morgan fingerprint density at radius 3 is 2.81 bits per heavy atom. The summed E-state index contributed by atoms with van der Waals surface area (Å²) in [4.78, 5) is 26.0. The quantitative estimate of drug-likeness (QED) is 0.0683. The van der Waals surface area contributed by atoms with Crippen LogP contribution in [0, 0.1) is 18.3 Å². The number of tetrazole rings is 1. The van der Waals surface area contributed by atoms with Crippen LogP contribution in [-0.2, 0) is 20.9 Å². The number of nitrogens with zero attached hydrogens (tertiary/aromatic N) is 4. The van der Waals surface area contributed by atoms with Gasteiger partial charge in [-0.1, -0.05) is 42.0 Å². The molecule has 1 saturated heterocycles. The van der Waals surface area contributed by atoms with Crippen molar-refractivity contribution in [3.05, 3.63) is 77.4 Å². The highest BCUT2D eigenvalue weighted by atomic mass is 32.2. The van der Waals surface area contributed by atoms with Crippen LogP contribution in [0.2, 0.25) is 0 Å². The number of thioether (sulfide) groups is 1. The van der Waals surface area contributed by atoms with E-state index in [-0.39, 0.29) is 41.3 Å². The lowest BCUT2D eigenvalue weighted by atomic mass is 9.78. The molecule has 8 atom stereocenters. The number of benzene rings is 1. The summed E-state index contributed by atoms with van der Waals surface area (Å²) >= 11 is 0.695. The van der Waals surface area contributed by atoms with E-state index < -0.39 is 54.3 Å². The second-order valence-electron chi connectivity index (χ2n) is 10.8. The standard InChI is InChI=1S/C31H33N5O10S/c1-2-4-16(5-3-6-19-20-9-7-17(39)11-22(20)45-23-12-18(40)8-10-21(19)23)30(44)32-13-25-33-35-36(34-25)27-28(42)24(14-37)46-31(29(27)43)47-26(41)15-38/h1,3-5,7-12,19-20,24,26-29,31,37-38,40-43H,6,13-15H2,(H,32,44)/b5-3-,16-4+/t19?,20?,24-,26+,27?,28?,29?,31+/m1/s1. The molecule has 0 saturated carbocycles. The van der Waals surface area contributed by atoms with Crippen LogP contribution in [0.4, 0.5) is 0 Å². The molecule has 47 heavy (non-hydrogen) atoms. The van der Waals surface area contributed by atoms with E-state index in [1.165, 1.54) is 24.3 Å². The van der Waals surface area contributed by atoms with Crippen molar-refractivity contribution in [2.24, 2.45) is 5.92 Å². The maximum Gasteiger partial charge on any atom is 0.252 e. The fourth-order valence-corrected chi connectivity index (χ4v) is 6.43. The van der Waals surface area contributed by atoms with Gasteiger partial charge >= 0.3 is 0 Å². The number of phenols is 1. The number of ether oxygens (including phenoxy) is 2. The molecule has 3 aliphatic rings. The lowest BCUT2D eigenvalue weighted by Crippen LogP contribution is -2.55. The Balaban J connectivity index is 1.25. The number of ketones is 1. The minimum Gasteiger partial charge on any atom is -0.508 e. The number of allylic oxidation sites excluding steroid dienone is 5. The summed E-state index contributed by atoms with van der Waals surface area (Å²) < 4.78 is 11.4. The molecular weight excluding hydrogens is 634 g/mol. The van der Waals surface area contributed by atoms with E-state index in [2.05, 4.69) is 26.6 Å². The van der Waals surface area contributed by atoms with Crippen molar-refractivity contribution in [1.29, 1.82) is 0 Å². The zero-order valence-electron chi connectivity index (χ0n) is 24.7. The van der Waals surface area contributed by atoms with E-state index in [1.807, 2.05) is 0 Å². The molecule has 3 heterocycles. The Labute approximate surface area is 272 Å². The molecular formula is C31H33N5O10S. The first-order valence-electron chi connectivity index (χ1n) is 14.5. The van der Waals surface area contributed by atoms with Gasteiger partial charge in [-0.25, -0.2) is 0 Å². The van der Waals surface area contributed by atoms with E-state index in [1.54, 1.807) is 30.4 Å². The number of terminal acetylenes is 1. The Morgan fingerprint density at radius 2 is 2.06 bits per heavy atom. The van der Waals surface area contributed by atoms with Crippen LogP contribution in [0.5, 0.6) is 11.5 Å². The Morgan fingerprint density at radius 1 is 1.26 bits per heavy atom. The van der Waals surface area contributed by atoms with Crippen LogP contribution in [0.15, 0.2) is 66.0 Å². The number of rotatable bonds is 11. The fraction of sp³-hybridized carbons (Fsp3) is 0.387. The highest BCUT2D eigenvalue weighted by Gasteiger charge is 2.47. The number of hydrogen-bond acceptors (Lipinski definition) is 14. The molecule has 0 spiro atoms. The number of carbonyl (C=O) groups excluding carboxylic acids is 2. The second-order valence-corrected chi connectivity index (χ2v) is 12.1. The first-order chi connectivity index (χ1) is 22.6. The third-order valence-electron chi connectivity index (χ3n) is 7.77. The maximum absolute atomic E-state index is 13.1. The first-order valence-corrected chi connectivity index (χ1v) is 15.5. The average Bonchev–Trinajstić information content (AvgIpc) is 3.52. The van der Waals surface area contributed by atoms with Crippen LogP contribution in [0.1, 0.15) is 29.8 Å². The molecule has 5 rings (SSSR count). The second kappa shape index (κ2) is 15.0. The van der Waals surface area contributed by atoms with E-state index in [9.17, 15) is 35.1 Å². The van der Waals surface area contributed by atoms with Crippen molar-refractivity contribution in [2.75, 3.05) is 13.2 Å². The summed E-state index contributed by atoms with van der Waals surface area (Å²) in [6.45, 7) is -1.41. The number of aromatic nitrogens is 4. The predicted molar refractivity (Wildman–Crippen MR) is 165 cm³/mol. The zero-order chi connectivity index (χ0) is 33.7. The Hall–Kier alpha value is -4.34. The minimum absolute atomic E-state index is 0.0238. The van der Waals surface area contributed by atoms with Gasteiger partial charge in [0.25, 0.3) is 5.91 Å². The fourth-order valence-electron chi connectivity index (χ4n) is 5.51.